The minimum absolute atomic E-state index is 0.0729. The highest BCUT2D eigenvalue weighted by molar-refractivity contribution is 5.92. The number of ether oxygens (including phenoxy) is 1. The minimum atomic E-state index is -0.371. The van der Waals surface area contributed by atoms with E-state index in [1.807, 2.05) is 62.4 Å². The molecule has 0 aliphatic heterocycles. The lowest BCUT2D eigenvalue weighted by atomic mass is 10.1. The normalized spacial score (nSPS) is 10.2. The first kappa shape index (κ1) is 16.7. The van der Waals surface area contributed by atoms with Gasteiger partial charge in [-0.25, -0.2) is 0 Å². The third kappa shape index (κ3) is 5.94. The lowest BCUT2D eigenvalue weighted by Gasteiger charge is -2.08. The van der Waals surface area contributed by atoms with Gasteiger partial charge in [-0.3, -0.25) is 9.59 Å². The number of rotatable bonds is 6. The number of esters is 1. The van der Waals surface area contributed by atoms with Gasteiger partial charge in [-0.05, 0) is 42.7 Å². The van der Waals surface area contributed by atoms with Gasteiger partial charge in [0.1, 0.15) is 6.61 Å². The standard InChI is InChI=1S/C19H21NO3/c1-14-10-15(2)12-17(11-14)20-18(21)8-9-19(22)23-13-16-6-4-3-5-7-16/h3-7,10-12H,8-9,13H2,1-2H3,(H,20,21). The van der Waals surface area contributed by atoms with E-state index in [0.29, 0.717) is 0 Å². The number of benzene rings is 2. The molecule has 0 heterocycles. The summed E-state index contributed by atoms with van der Waals surface area (Å²) in [6.07, 6.45) is 0.185. The van der Waals surface area contributed by atoms with E-state index < -0.39 is 0 Å². The lowest BCUT2D eigenvalue weighted by Crippen LogP contribution is -2.14. The van der Waals surface area contributed by atoms with Gasteiger partial charge in [0.2, 0.25) is 5.91 Å². The van der Waals surface area contributed by atoms with Crippen molar-refractivity contribution in [2.45, 2.75) is 33.3 Å². The smallest absolute Gasteiger partial charge is 0.306 e. The number of anilines is 1. The topological polar surface area (TPSA) is 55.4 Å². The van der Waals surface area contributed by atoms with Gasteiger partial charge in [0.15, 0.2) is 0 Å². The van der Waals surface area contributed by atoms with Crippen LogP contribution in [0.4, 0.5) is 5.69 Å². The molecular weight excluding hydrogens is 290 g/mol. The van der Waals surface area contributed by atoms with Crippen LogP contribution in [0.5, 0.6) is 0 Å². The fourth-order valence-electron chi connectivity index (χ4n) is 2.30. The van der Waals surface area contributed by atoms with Crippen LogP contribution in [0.25, 0.3) is 0 Å². The number of aryl methyl sites for hydroxylation is 2. The van der Waals surface area contributed by atoms with Crippen LogP contribution in [0, 0.1) is 13.8 Å². The van der Waals surface area contributed by atoms with Crippen LogP contribution in [0.15, 0.2) is 48.5 Å². The Morgan fingerprint density at radius 2 is 1.61 bits per heavy atom. The van der Waals surface area contributed by atoms with Crippen molar-refractivity contribution in [3.63, 3.8) is 0 Å². The number of hydrogen-bond donors (Lipinski definition) is 1. The van der Waals surface area contributed by atoms with E-state index in [4.69, 9.17) is 4.74 Å². The van der Waals surface area contributed by atoms with Crippen LogP contribution in [0.2, 0.25) is 0 Å². The van der Waals surface area contributed by atoms with Crippen molar-refractivity contribution in [3.05, 3.63) is 65.2 Å². The number of amides is 1. The van der Waals surface area contributed by atoms with Gasteiger partial charge in [0.25, 0.3) is 0 Å². The third-order valence-electron chi connectivity index (χ3n) is 3.30. The molecule has 0 saturated carbocycles. The molecular formula is C19H21NO3. The summed E-state index contributed by atoms with van der Waals surface area (Å²) in [6, 6.07) is 15.3. The fourth-order valence-corrected chi connectivity index (χ4v) is 2.30. The van der Waals surface area contributed by atoms with Gasteiger partial charge in [-0.1, -0.05) is 36.4 Å². The Bertz CT molecular complexity index is 660. The molecule has 0 unspecified atom stereocenters. The number of carbonyl (C=O) groups is 2. The second-order valence-electron chi connectivity index (χ2n) is 5.57. The maximum Gasteiger partial charge on any atom is 0.306 e. The molecule has 0 saturated heterocycles. The molecule has 1 N–H and O–H groups in total. The first-order valence-electron chi connectivity index (χ1n) is 7.60. The Morgan fingerprint density at radius 1 is 0.957 bits per heavy atom. The van der Waals surface area contributed by atoms with Crippen molar-refractivity contribution in [2.24, 2.45) is 0 Å². The van der Waals surface area contributed by atoms with E-state index in [1.54, 1.807) is 0 Å². The molecule has 2 aromatic rings. The van der Waals surface area contributed by atoms with E-state index >= 15 is 0 Å². The van der Waals surface area contributed by atoms with Gasteiger partial charge in [0, 0.05) is 12.1 Å². The molecule has 0 radical (unpaired) electrons. The maximum absolute atomic E-state index is 11.9. The minimum Gasteiger partial charge on any atom is -0.461 e. The summed E-state index contributed by atoms with van der Waals surface area (Å²) < 4.78 is 5.15. The predicted molar refractivity (Wildman–Crippen MR) is 90.0 cm³/mol. The molecule has 4 nitrogen and oxygen atoms in total. The molecule has 0 fully saturated rings. The van der Waals surface area contributed by atoms with Crippen LogP contribution in [-0.4, -0.2) is 11.9 Å². The first-order valence-corrected chi connectivity index (χ1v) is 7.60. The van der Waals surface area contributed by atoms with Crippen LogP contribution in [-0.2, 0) is 20.9 Å². The molecule has 2 rings (SSSR count). The summed E-state index contributed by atoms with van der Waals surface area (Å²) in [4.78, 5) is 23.6. The molecule has 0 bridgehead atoms. The lowest BCUT2D eigenvalue weighted by molar-refractivity contribution is -0.145. The van der Waals surface area contributed by atoms with Gasteiger partial charge >= 0.3 is 5.97 Å². The molecule has 0 atom stereocenters. The molecule has 23 heavy (non-hydrogen) atoms. The summed E-state index contributed by atoms with van der Waals surface area (Å²) in [6.45, 7) is 4.19. The zero-order valence-electron chi connectivity index (χ0n) is 13.5. The fraction of sp³-hybridized carbons (Fsp3) is 0.263. The molecule has 0 spiro atoms. The Kier molecular flexibility index (Phi) is 5.92. The highest BCUT2D eigenvalue weighted by Gasteiger charge is 2.09. The highest BCUT2D eigenvalue weighted by atomic mass is 16.5. The van der Waals surface area contributed by atoms with Gasteiger partial charge in [-0.2, -0.15) is 0 Å². The SMILES string of the molecule is Cc1cc(C)cc(NC(=O)CCC(=O)OCc2ccccc2)c1. The summed E-state index contributed by atoms with van der Waals surface area (Å²) >= 11 is 0. The van der Waals surface area contributed by atoms with Gasteiger partial charge in [0.05, 0.1) is 6.42 Å². The Balaban J connectivity index is 1.74. The van der Waals surface area contributed by atoms with Crippen LogP contribution >= 0.6 is 0 Å². The largest absolute Gasteiger partial charge is 0.461 e. The zero-order valence-corrected chi connectivity index (χ0v) is 13.5. The predicted octanol–water partition coefficient (Wildman–Crippen LogP) is 3.77. The number of hydrogen-bond acceptors (Lipinski definition) is 3. The van der Waals surface area contributed by atoms with Crippen molar-refractivity contribution in [1.82, 2.24) is 0 Å². The van der Waals surface area contributed by atoms with Gasteiger partial charge in [-0.15, -0.1) is 0 Å². The van der Waals surface area contributed by atoms with E-state index in [2.05, 4.69) is 5.32 Å². The van der Waals surface area contributed by atoms with Crippen molar-refractivity contribution < 1.29 is 14.3 Å². The van der Waals surface area contributed by atoms with Gasteiger partial charge < -0.3 is 10.1 Å². The van der Waals surface area contributed by atoms with Crippen LogP contribution in [0.3, 0.4) is 0 Å². The average Bonchev–Trinajstić information content (AvgIpc) is 2.51. The maximum atomic E-state index is 11.9. The second-order valence-corrected chi connectivity index (χ2v) is 5.57. The Morgan fingerprint density at radius 3 is 2.26 bits per heavy atom. The van der Waals surface area contributed by atoms with Crippen molar-refractivity contribution in [3.8, 4) is 0 Å². The van der Waals surface area contributed by atoms with E-state index in [-0.39, 0.29) is 31.3 Å². The summed E-state index contributed by atoms with van der Waals surface area (Å²) in [5.41, 5.74) is 3.86. The molecule has 0 aromatic heterocycles. The van der Waals surface area contributed by atoms with Crippen molar-refractivity contribution in [1.29, 1.82) is 0 Å². The van der Waals surface area contributed by atoms with E-state index in [0.717, 1.165) is 22.4 Å². The molecule has 120 valence electrons. The van der Waals surface area contributed by atoms with Crippen molar-refractivity contribution >= 4 is 17.6 Å². The van der Waals surface area contributed by atoms with Crippen LogP contribution < -0.4 is 5.32 Å². The quantitative estimate of drug-likeness (QED) is 0.826. The highest BCUT2D eigenvalue weighted by Crippen LogP contribution is 2.14. The third-order valence-corrected chi connectivity index (χ3v) is 3.30. The Labute approximate surface area is 136 Å². The summed E-state index contributed by atoms with van der Waals surface area (Å²) in [7, 11) is 0. The van der Waals surface area contributed by atoms with E-state index in [1.165, 1.54) is 0 Å². The Hall–Kier alpha value is -2.62. The number of nitrogens with one attached hydrogen (secondary N) is 1. The van der Waals surface area contributed by atoms with Crippen molar-refractivity contribution in [2.75, 3.05) is 5.32 Å². The number of carbonyl (C=O) groups excluding carboxylic acids is 2. The monoisotopic (exact) mass is 311 g/mol. The molecule has 4 heteroatoms. The molecule has 0 aliphatic carbocycles. The summed E-state index contributed by atoms with van der Waals surface area (Å²) in [5.74, 6) is -0.559. The molecule has 1 amide bonds. The average molecular weight is 311 g/mol. The molecule has 0 aliphatic rings. The summed E-state index contributed by atoms with van der Waals surface area (Å²) in [5, 5.41) is 2.81. The second kappa shape index (κ2) is 8.13. The van der Waals surface area contributed by atoms with E-state index in [9.17, 15) is 9.59 Å². The molecule has 2 aromatic carbocycles. The van der Waals surface area contributed by atoms with Crippen LogP contribution in [0.1, 0.15) is 29.5 Å². The first-order chi connectivity index (χ1) is 11.0. The zero-order chi connectivity index (χ0) is 16.7.